The van der Waals surface area contributed by atoms with Crippen molar-refractivity contribution in [3.63, 3.8) is 0 Å². The van der Waals surface area contributed by atoms with Gasteiger partial charge in [0.25, 0.3) is 5.91 Å². The molecule has 0 radical (unpaired) electrons. The van der Waals surface area contributed by atoms with Crippen molar-refractivity contribution >= 4 is 23.4 Å². The molecule has 1 saturated heterocycles. The molecular weight excluding hydrogens is 562 g/mol. The second-order valence-corrected chi connectivity index (χ2v) is 11.3. The van der Waals surface area contributed by atoms with E-state index < -0.39 is 6.29 Å². The van der Waals surface area contributed by atoms with Crippen molar-refractivity contribution in [1.82, 2.24) is 20.2 Å². The van der Waals surface area contributed by atoms with E-state index in [1.54, 1.807) is 16.8 Å². The van der Waals surface area contributed by atoms with E-state index in [0.717, 1.165) is 22.4 Å². The lowest BCUT2D eigenvalue weighted by Crippen LogP contribution is -2.38. The molecule has 10 heteroatoms. The first-order valence-electron chi connectivity index (χ1n) is 14.0. The van der Waals surface area contributed by atoms with E-state index >= 15 is 0 Å². The molecule has 1 fully saturated rings. The van der Waals surface area contributed by atoms with Crippen molar-refractivity contribution in [3.8, 4) is 5.69 Å². The average Bonchev–Trinajstić information content (AvgIpc) is 3.54. The number of tetrazole rings is 1. The minimum Gasteiger partial charge on any atom is -0.392 e. The highest BCUT2D eigenvalue weighted by atomic mass is 32.2. The Balaban J connectivity index is 1.21. The van der Waals surface area contributed by atoms with Crippen LogP contribution in [0, 0.1) is 5.92 Å². The number of thioether (sulfide) groups is 1. The van der Waals surface area contributed by atoms with E-state index in [4.69, 9.17) is 9.47 Å². The van der Waals surface area contributed by atoms with Gasteiger partial charge in [0, 0.05) is 28.5 Å². The number of benzene rings is 4. The van der Waals surface area contributed by atoms with Gasteiger partial charge in [0.2, 0.25) is 5.16 Å². The van der Waals surface area contributed by atoms with Crippen LogP contribution < -0.4 is 5.32 Å². The van der Waals surface area contributed by atoms with E-state index in [0.29, 0.717) is 22.2 Å². The van der Waals surface area contributed by atoms with Crippen molar-refractivity contribution in [2.24, 2.45) is 5.92 Å². The number of amides is 1. The van der Waals surface area contributed by atoms with E-state index in [-0.39, 0.29) is 30.6 Å². The zero-order chi connectivity index (χ0) is 29.6. The molecule has 4 atom stereocenters. The molecule has 4 aromatic carbocycles. The smallest absolute Gasteiger partial charge is 0.255 e. The summed E-state index contributed by atoms with van der Waals surface area (Å²) in [5.41, 5.74) is 4.84. The number of hydrogen-bond acceptors (Lipinski definition) is 8. The predicted octanol–water partition coefficient (Wildman–Crippen LogP) is 5.99. The summed E-state index contributed by atoms with van der Waals surface area (Å²) in [5.74, 6) is 0.438. The number of rotatable bonds is 9. The largest absolute Gasteiger partial charge is 0.392 e. The van der Waals surface area contributed by atoms with Crippen LogP contribution in [0.4, 0.5) is 5.69 Å². The Kier molecular flexibility index (Phi) is 8.90. The molecular formula is C33H31N5O4S. The maximum atomic E-state index is 12.6. The zero-order valence-electron chi connectivity index (χ0n) is 23.5. The van der Waals surface area contributed by atoms with Crippen LogP contribution in [0.2, 0.25) is 0 Å². The van der Waals surface area contributed by atoms with Crippen LogP contribution in [0.15, 0.2) is 114 Å². The number of hydrogen-bond donors (Lipinski definition) is 2. The Morgan fingerprint density at radius 3 is 2.26 bits per heavy atom. The van der Waals surface area contributed by atoms with Gasteiger partial charge in [-0.1, -0.05) is 91.5 Å². The molecule has 1 aliphatic heterocycles. The molecule has 0 saturated carbocycles. The summed E-state index contributed by atoms with van der Waals surface area (Å²) in [7, 11) is 0. The van der Waals surface area contributed by atoms with Crippen LogP contribution in [0.5, 0.6) is 0 Å². The summed E-state index contributed by atoms with van der Waals surface area (Å²) in [6, 6.07) is 34.2. The van der Waals surface area contributed by atoms with Crippen LogP contribution in [0.3, 0.4) is 0 Å². The highest BCUT2D eigenvalue weighted by Gasteiger charge is 2.38. The van der Waals surface area contributed by atoms with Crippen LogP contribution in [0.25, 0.3) is 5.69 Å². The molecule has 0 aliphatic carbocycles. The van der Waals surface area contributed by atoms with Gasteiger partial charge in [0.1, 0.15) is 0 Å². The fourth-order valence-corrected chi connectivity index (χ4v) is 6.04. The first-order valence-corrected chi connectivity index (χ1v) is 15.0. The second kappa shape index (κ2) is 13.3. The van der Waals surface area contributed by atoms with Crippen LogP contribution >= 0.6 is 11.8 Å². The molecule has 218 valence electrons. The van der Waals surface area contributed by atoms with Crippen LogP contribution in [0.1, 0.15) is 46.4 Å². The molecule has 1 aromatic heterocycles. The van der Waals surface area contributed by atoms with Crippen molar-refractivity contribution in [2.75, 3.05) is 11.1 Å². The van der Waals surface area contributed by atoms with Crippen LogP contribution in [-0.2, 0) is 16.1 Å². The number of aromatic nitrogens is 4. The molecule has 5 aromatic rings. The van der Waals surface area contributed by atoms with Gasteiger partial charge in [0.05, 0.1) is 24.5 Å². The maximum Gasteiger partial charge on any atom is 0.255 e. The third kappa shape index (κ3) is 6.68. The van der Waals surface area contributed by atoms with Crippen molar-refractivity contribution in [2.45, 2.75) is 37.2 Å². The lowest BCUT2D eigenvalue weighted by atomic mass is 9.91. The number of para-hydroxylation sites is 1. The average molecular weight is 594 g/mol. The molecule has 1 aliphatic rings. The number of nitrogens with one attached hydrogen (secondary N) is 1. The summed E-state index contributed by atoms with van der Waals surface area (Å²) in [6.45, 7) is 2.10. The maximum absolute atomic E-state index is 12.6. The normalized spacial score (nSPS) is 20.0. The number of anilines is 1. The van der Waals surface area contributed by atoms with Gasteiger partial charge in [-0.2, -0.15) is 4.68 Å². The summed E-state index contributed by atoms with van der Waals surface area (Å²) < 4.78 is 14.9. The molecule has 43 heavy (non-hydrogen) atoms. The Hall–Kier alpha value is -4.35. The summed E-state index contributed by atoms with van der Waals surface area (Å²) in [6.07, 6.45) is -1.07. The molecule has 0 bridgehead atoms. The van der Waals surface area contributed by atoms with Gasteiger partial charge >= 0.3 is 0 Å². The molecule has 2 heterocycles. The number of aliphatic hydroxyl groups is 1. The Bertz CT molecular complexity index is 1630. The zero-order valence-corrected chi connectivity index (χ0v) is 24.3. The molecule has 9 nitrogen and oxygen atoms in total. The molecule has 0 spiro atoms. The lowest BCUT2D eigenvalue weighted by Gasteiger charge is -2.41. The monoisotopic (exact) mass is 593 g/mol. The number of ether oxygens (including phenoxy) is 2. The Labute approximate surface area is 253 Å². The second-order valence-electron chi connectivity index (χ2n) is 10.3. The minimum absolute atomic E-state index is 0.00853. The van der Waals surface area contributed by atoms with Gasteiger partial charge in [-0.3, -0.25) is 4.79 Å². The van der Waals surface area contributed by atoms with Gasteiger partial charge in [-0.25, -0.2) is 0 Å². The fraction of sp³-hybridized carbons (Fsp3) is 0.212. The number of carbonyl (C=O) groups excluding carboxylic acids is 1. The number of nitrogens with zero attached hydrogens (tertiary/aromatic N) is 4. The summed E-state index contributed by atoms with van der Waals surface area (Å²) in [5, 5.41) is 25.5. The third-order valence-corrected chi connectivity index (χ3v) is 8.43. The van der Waals surface area contributed by atoms with Gasteiger partial charge in [0.15, 0.2) is 6.29 Å². The number of carbonyl (C=O) groups is 1. The quantitative estimate of drug-likeness (QED) is 0.201. The Morgan fingerprint density at radius 1 is 0.884 bits per heavy atom. The lowest BCUT2D eigenvalue weighted by molar-refractivity contribution is -0.268. The SMILES string of the molecule is C[C@H]1[C@@H](CSc2nnnn2-c2ccccc2)O[C@@H](c2ccc(NC(=O)c3ccccc3)cc2)O[C@H]1c1ccc(CO)cc1. The first-order chi connectivity index (χ1) is 21.1. The van der Waals surface area contributed by atoms with Gasteiger partial charge in [-0.05, 0) is 58.0 Å². The third-order valence-electron chi connectivity index (χ3n) is 7.42. The van der Waals surface area contributed by atoms with Crippen molar-refractivity contribution < 1.29 is 19.4 Å². The molecule has 2 N–H and O–H groups in total. The van der Waals surface area contributed by atoms with E-state index in [1.807, 2.05) is 97.1 Å². The topological polar surface area (TPSA) is 111 Å². The molecule has 6 rings (SSSR count). The van der Waals surface area contributed by atoms with E-state index in [1.165, 1.54) is 11.8 Å². The van der Waals surface area contributed by atoms with Crippen molar-refractivity contribution in [3.05, 3.63) is 131 Å². The Morgan fingerprint density at radius 2 is 1.56 bits per heavy atom. The molecule has 1 amide bonds. The van der Waals surface area contributed by atoms with Crippen molar-refractivity contribution in [1.29, 1.82) is 0 Å². The van der Waals surface area contributed by atoms with Gasteiger partial charge in [-0.15, -0.1) is 5.10 Å². The summed E-state index contributed by atoms with van der Waals surface area (Å²) in [4.78, 5) is 12.6. The highest BCUT2D eigenvalue weighted by molar-refractivity contribution is 7.99. The predicted molar refractivity (Wildman–Crippen MR) is 164 cm³/mol. The van der Waals surface area contributed by atoms with E-state index in [2.05, 4.69) is 27.8 Å². The van der Waals surface area contributed by atoms with Crippen LogP contribution in [-0.4, -0.2) is 43.1 Å². The highest BCUT2D eigenvalue weighted by Crippen LogP contribution is 2.43. The minimum atomic E-state index is -0.631. The van der Waals surface area contributed by atoms with Gasteiger partial charge < -0.3 is 19.9 Å². The molecule has 0 unspecified atom stereocenters. The standard InChI is InChI=1S/C33H31N5O4S/c1-22-29(21-43-33-35-36-37-38(33)28-10-6-3-7-11-28)41-32(42-30(22)24-14-12-23(20-39)13-15-24)26-16-18-27(19-17-26)34-31(40)25-8-4-2-5-9-25/h2-19,22,29-30,32,39H,20-21H2,1H3,(H,34,40)/t22-,29+,30+,32+/m0/s1. The first kappa shape index (κ1) is 28.8. The fourth-order valence-electron chi connectivity index (χ4n) is 4.98. The summed E-state index contributed by atoms with van der Waals surface area (Å²) >= 11 is 1.53. The van der Waals surface area contributed by atoms with E-state index in [9.17, 15) is 9.90 Å². The number of aliphatic hydroxyl groups excluding tert-OH is 1.